The lowest BCUT2D eigenvalue weighted by Gasteiger charge is -2.10. The summed E-state index contributed by atoms with van der Waals surface area (Å²) in [6, 6.07) is 5.60. The Balaban J connectivity index is 2.19. The predicted octanol–water partition coefficient (Wildman–Crippen LogP) is 1.06. The molecule has 0 N–H and O–H groups in total. The molecule has 0 amide bonds. The van der Waals surface area contributed by atoms with Crippen LogP contribution in [0.2, 0.25) is 0 Å². The number of rotatable bonds is 6. The van der Waals surface area contributed by atoms with Crippen molar-refractivity contribution in [1.82, 2.24) is 15.0 Å². The molecular weight excluding hydrogens is 274 g/mol. The first-order valence-electron chi connectivity index (χ1n) is 6.33. The van der Waals surface area contributed by atoms with Crippen LogP contribution in [0.4, 0.5) is 0 Å². The van der Waals surface area contributed by atoms with Gasteiger partial charge >= 0.3 is 5.97 Å². The van der Waals surface area contributed by atoms with Gasteiger partial charge in [0.15, 0.2) is 11.5 Å². The van der Waals surface area contributed by atoms with Gasteiger partial charge in [0, 0.05) is 0 Å². The lowest BCUT2D eigenvalue weighted by atomic mass is 10.2. The molecule has 1 heterocycles. The second kappa shape index (κ2) is 6.74. The maximum absolute atomic E-state index is 11.3. The number of benzene rings is 1. The molecule has 2 aromatic rings. The molecule has 1 aromatic carbocycles. The van der Waals surface area contributed by atoms with Crippen LogP contribution in [0.25, 0.3) is 0 Å². The van der Waals surface area contributed by atoms with Gasteiger partial charge in [0.1, 0.15) is 0 Å². The Morgan fingerprint density at radius 1 is 1.19 bits per heavy atom. The van der Waals surface area contributed by atoms with Gasteiger partial charge in [-0.3, -0.25) is 4.79 Å². The van der Waals surface area contributed by atoms with Crippen molar-refractivity contribution in [3.8, 4) is 11.5 Å². The van der Waals surface area contributed by atoms with Crippen molar-refractivity contribution < 1.29 is 19.0 Å². The second-order valence-electron chi connectivity index (χ2n) is 4.33. The molecule has 7 nitrogen and oxygen atoms in total. The molecule has 0 aliphatic carbocycles. The third kappa shape index (κ3) is 3.50. The molecule has 0 unspecified atom stereocenters. The Kier molecular flexibility index (Phi) is 4.76. The lowest BCUT2D eigenvalue weighted by Crippen LogP contribution is -2.12. The standard InChI is InChI=1S/C14H17N3O4/c1-19-12-5-4-10(6-13(12)20-2)9-17-11(8-15-16-17)7-14(18)21-3/h4-6,8H,7,9H2,1-3H3. The van der Waals surface area contributed by atoms with Crippen LogP contribution in [0.15, 0.2) is 24.4 Å². The first-order chi connectivity index (χ1) is 10.2. The molecule has 0 bridgehead atoms. The monoisotopic (exact) mass is 291 g/mol. The number of esters is 1. The van der Waals surface area contributed by atoms with Crippen molar-refractivity contribution in [2.75, 3.05) is 21.3 Å². The lowest BCUT2D eigenvalue weighted by molar-refractivity contribution is -0.139. The molecule has 7 heteroatoms. The number of aromatic nitrogens is 3. The smallest absolute Gasteiger partial charge is 0.311 e. The summed E-state index contributed by atoms with van der Waals surface area (Å²) in [5, 5.41) is 7.81. The highest BCUT2D eigenvalue weighted by atomic mass is 16.5. The summed E-state index contributed by atoms with van der Waals surface area (Å²) in [6.45, 7) is 0.479. The number of hydrogen-bond acceptors (Lipinski definition) is 6. The number of nitrogens with zero attached hydrogens (tertiary/aromatic N) is 3. The zero-order chi connectivity index (χ0) is 15.2. The van der Waals surface area contributed by atoms with Crippen molar-refractivity contribution in [3.05, 3.63) is 35.7 Å². The molecule has 0 aliphatic rings. The summed E-state index contributed by atoms with van der Waals surface area (Å²) < 4.78 is 16.8. The summed E-state index contributed by atoms with van der Waals surface area (Å²) >= 11 is 0. The molecule has 0 saturated carbocycles. The van der Waals surface area contributed by atoms with Gasteiger partial charge in [-0.25, -0.2) is 4.68 Å². The zero-order valence-electron chi connectivity index (χ0n) is 12.2. The van der Waals surface area contributed by atoms with Crippen LogP contribution in [-0.4, -0.2) is 42.3 Å². The van der Waals surface area contributed by atoms with E-state index in [0.29, 0.717) is 23.7 Å². The van der Waals surface area contributed by atoms with E-state index < -0.39 is 0 Å². The van der Waals surface area contributed by atoms with Gasteiger partial charge in [-0.2, -0.15) is 0 Å². The van der Waals surface area contributed by atoms with E-state index in [1.54, 1.807) is 25.1 Å². The van der Waals surface area contributed by atoms with Gasteiger partial charge in [-0.15, -0.1) is 5.10 Å². The Labute approximate surface area is 122 Å². The molecule has 0 radical (unpaired) electrons. The van der Waals surface area contributed by atoms with Gasteiger partial charge in [0.25, 0.3) is 0 Å². The maximum Gasteiger partial charge on any atom is 0.311 e. The highest BCUT2D eigenvalue weighted by molar-refractivity contribution is 5.71. The van der Waals surface area contributed by atoms with Gasteiger partial charge in [0.2, 0.25) is 0 Å². The van der Waals surface area contributed by atoms with Crippen LogP contribution in [0, 0.1) is 0 Å². The van der Waals surface area contributed by atoms with E-state index in [2.05, 4.69) is 15.0 Å². The first kappa shape index (κ1) is 14.8. The number of carbonyl (C=O) groups excluding carboxylic acids is 1. The molecule has 0 aliphatic heterocycles. The summed E-state index contributed by atoms with van der Waals surface area (Å²) in [7, 11) is 4.52. The van der Waals surface area contributed by atoms with Gasteiger partial charge in [0.05, 0.1) is 46.2 Å². The molecule has 112 valence electrons. The minimum Gasteiger partial charge on any atom is -0.493 e. The Hall–Kier alpha value is -2.57. The fourth-order valence-corrected chi connectivity index (χ4v) is 1.92. The zero-order valence-corrected chi connectivity index (χ0v) is 12.2. The number of ether oxygens (including phenoxy) is 3. The van der Waals surface area contributed by atoms with Crippen molar-refractivity contribution in [2.24, 2.45) is 0 Å². The third-order valence-corrected chi connectivity index (χ3v) is 3.03. The van der Waals surface area contributed by atoms with Crippen molar-refractivity contribution in [3.63, 3.8) is 0 Å². The van der Waals surface area contributed by atoms with Crippen LogP contribution >= 0.6 is 0 Å². The summed E-state index contributed by atoms with van der Waals surface area (Å²) in [4.78, 5) is 11.3. The van der Waals surface area contributed by atoms with E-state index in [0.717, 1.165) is 5.56 Å². The average Bonchev–Trinajstić information content (AvgIpc) is 2.93. The average molecular weight is 291 g/mol. The third-order valence-electron chi connectivity index (χ3n) is 3.03. The molecule has 1 aromatic heterocycles. The number of carbonyl (C=O) groups is 1. The molecule has 0 spiro atoms. The van der Waals surface area contributed by atoms with Crippen LogP contribution in [0.5, 0.6) is 11.5 Å². The first-order valence-corrected chi connectivity index (χ1v) is 6.33. The summed E-state index contributed by atoms with van der Waals surface area (Å²) in [6.07, 6.45) is 1.69. The Morgan fingerprint density at radius 2 is 1.95 bits per heavy atom. The molecular formula is C14H17N3O4. The highest BCUT2D eigenvalue weighted by Gasteiger charge is 2.11. The van der Waals surface area contributed by atoms with E-state index in [4.69, 9.17) is 9.47 Å². The van der Waals surface area contributed by atoms with Crippen molar-refractivity contribution >= 4 is 5.97 Å². The topological polar surface area (TPSA) is 75.5 Å². The summed E-state index contributed by atoms with van der Waals surface area (Å²) in [5.74, 6) is 0.977. The quantitative estimate of drug-likeness (QED) is 0.741. The van der Waals surface area contributed by atoms with Crippen molar-refractivity contribution in [1.29, 1.82) is 0 Å². The van der Waals surface area contributed by atoms with Gasteiger partial charge < -0.3 is 14.2 Å². The van der Waals surface area contributed by atoms with E-state index in [1.807, 2.05) is 18.2 Å². The SMILES string of the molecule is COC(=O)Cc1cnnn1Cc1ccc(OC)c(OC)c1. The van der Waals surface area contributed by atoms with E-state index in [9.17, 15) is 4.79 Å². The number of methoxy groups -OCH3 is 3. The van der Waals surface area contributed by atoms with Crippen LogP contribution in [0.1, 0.15) is 11.3 Å². The minimum absolute atomic E-state index is 0.136. The highest BCUT2D eigenvalue weighted by Crippen LogP contribution is 2.27. The fraction of sp³-hybridized carbons (Fsp3) is 0.357. The molecule has 0 saturated heterocycles. The Bertz CT molecular complexity index is 624. The normalized spacial score (nSPS) is 10.2. The van der Waals surface area contributed by atoms with Crippen molar-refractivity contribution in [2.45, 2.75) is 13.0 Å². The van der Waals surface area contributed by atoms with Crippen LogP contribution in [0.3, 0.4) is 0 Å². The molecule has 0 fully saturated rings. The van der Waals surface area contributed by atoms with E-state index in [1.165, 1.54) is 7.11 Å². The molecule has 21 heavy (non-hydrogen) atoms. The Morgan fingerprint density at radius 3 is 2.62 bits per heavy atom. The van der Waals surface area contributed by atoms with E-state index >= 15 is 0 Å². The number of hydrogen-bond donors (Lipinski definition) is 0. The molecule has 2 rings (SSSR count). The predicted molar refractivity (Wildman–Crippen MR) is 74.4 cm³/mol. The molecule has 0 atom stereocenters. The van der Waals surface area contributed by atoms with E-state index in [-0.39, 0.29) is 12.4 Å². The largest absolute Gasteiger partial charge is 0.493 e. The summed E-state index contributed by atoms with van der Waals surface area (Å²) in [5.41, 5.74) is 1.65. The maximum atomic E-state index is 11.3. The van der Waals surface area contributed by atoms with Gasteiger partial charge in [-0.1, -0.05) is 11.3 Å². The van der Waals surface area contributed by atoms with Crippen LogP contribution < -0.4 is 9.47 Å². The van der Waals surface area contributed by atoms with Gasteiger partial charge in [-0.05, 0) is 17.7 Å². The fourth-order valence-electron chi connectivity index (χ4n) is 1.92. The van der Waals surface area contributed by atoms with Crippen LogP contribution in [-0.2, 0) is 22.5 Å². The minimum atomic E-state index is -0.328. The second-order valence-corrected chi connectivity index (χ2v) is 4.33.